The van der Waals surface area contributed by atoms with E-state index in [1.165, 1.54) is 12.1 Å². The molecule has 2 N–H and O–H groups in total. The number of aliphatic hydroxyl groups excluding tert-OH is 1. The zero-order valence-electron chi connectivity index (χ0n) is 11.7. The van der Waals surface area contributed by atoms with Gasteiger partial charge in [-0.15, -0.1) is 0 Å². The second kappa shape index (κ2) is 7.51. The minimum atomic E-state index is -0.683. The first kappa shape index (κ1) is 15.9. The number of ether oxygens (including phenoxy) is 1. The molecular weight excluding hydrogens is 292 g/mol. The van der Waals surface area contributed by atoms with Gasteiger partial charge in [-0.25, -0.2) is 8.78 Å². The minimum absolute atomic E-state index is 0.143. The number of carbonyl (C=O) groups is 1. The average molecular weight is 307 g/mol. The van der Waals surface area contributed by atoms with Gasteiger partial charge in [0, 0.05) is 12.1 Å². The summed E-state index contributed by atoms with van der Waals surface area (Å²) in [5, 5.41) is 11.2. The van der Waals surface area contributed by atoms with Gasteiger partial charge in [-0.1, -0.05) is 12.1 Å². The number of hydrogen-bond donors (Lipinski definition) is 2. The van der Waals surface area contributed by atoms with E-state index in [9.17, 15) is 13.6 Å². The molecule has 6 heteroatoms. The van der Waals surface area contributed by atoms with Crippen molar-refractivity contribution in [2.45, 2.75) is 6.61 Å². The Labute approximate surface area is 126 Å². The van der Waals surface area contributed by atoms with Crippen molar-refractivity contribution in [3.05, 3.63) is 65.2 Å². The molecule has 4 nitrogen and oxygen atoms in total. The lowest BCUT2D eigenvalue weighted by atomic mass is 10.2. The van der Waals surface area contributed by atoms with Crippen LogP contribution in [0.25, 0.3) is 0 Å². The third-order valence-electron chi connectivity index (χ3n) is 2.94. The Hall–Kier alpha value is -2.47. The molecule has 2 aromatic rings. The van der Waals surface area contributed by atoms with Crippen molar-refractivity contribution in [3.63, 3.8) is 0 Å². The first-order valence-electron chi connectivity index (χ1n) is 6.66. The molecule has 0 saturated carbocycles. The predicted molar refractivity (Wildman–Crippen MR) is 76.6 cm³/mol. The molecule has 0 heterocycles. The van der Waals surface area contributed by atoms with Crippen LogP contribution < -0.4 is 10.1 Å². The Morgan fingerprint density at radius 2 is 1.82 bits per heavy atom. The number of rotatable bonds is 6. The number of aliphatic hydroxyl groups is 1. The van der Waals surface area contributed by atoms with Gasteiger partial charge in [0.15, 0.2) is 0 Å². The van der Waals surface area contributed by atoms with Crippen LogP contribution in [0, 0.1) is 11.6 Å². The quantitative estimate of drug-likeness (QED) is 0.860. The Bertz CT molecular complexity index is 641. The summed E-state index contributed by atoms with van der Waals surface area (Å²) in [6.45, 7) is -0.293. The summed E-state index contributed by atoms with van der Waals surface area (Å²) in [4.78, 5) is 11.7. The Morgan fingerprint density at radius 3 is 2.50 bits per heavy atom. The summed E-state index contributed by atoms with van der Waals surface area (Å²) < 4.78 is 32.3. The summed E-state index contributed by atoms with van der Waals surface area (Å²) in [5.74, 6) is -1.41. The molecule has 0 atom stereocenters. The zero-order valence-corrected chi connectivity index (χ0v) is 11.7. The van der Waals surface area contributed by atoms with E-state index >= 15 is 0 Å². The molecule has 0 aliphatic heterocycles. The van der Waals surface area contributed by atoms with E-state index in [2.05, 4.69) is 5.32 Å². The van der Waals surface area contributed by atoms with Gasteiger partial charge in [0.1, 0.15) is 24.0 Å². The van der Waals surface area contributed by atoms with Crippen LogP contribution in [0.5, 0.6) is 5.75 Å². The van der Waals surface area contributed by atoms with E-state index in [-0.39, 0.29) is 31.2 Å². The lowest BCUT2D eigenvalue weighted by molar-refractivity contribution is 0.0944. The molecule has 116 valence electrons. The number of halogens is 2. The lowest BCUT2D eigenvalue weighted by Crippen LogP contribution is -2.26. The fourth-order valence-corrected chi connectivity index (χ4v) is 1.82. The van der Waals surface area contributed by atoms with Crippen LogP contribution >= 0.6 is 0 Å². The zero-order chi connectivity index (χ0) is 15.9. The van der Waals surface area contributed by atoms with Gasteiger partial charge in [-0.3, -0.25) is 4.79 Å². The molecule has 0 bridgehead atoms. The van der Waals surface area contributed by atoms with Crippen LogP contribution in [-0.4, -0.2) is 24.2 Å². The third-order valence-corrected chi connectivity index (χ3v) is 2.94. The highest BCUT2D eigenvalue weighted by atomic mass is 19.1. The van der Waals surface area contributed by atoms with E-state index in [0.717, 1.165) is 12.1 Å². The number of nitrogens with one attached hydrogen (secondary N) is 1. The SMILES string of the molecule is O=C(NCCO)c1cccc(OCc2c(F)cccc2F)c1. The van der Waals surface area contributed by atoms with Crippen molar-refractivity contribution in [1.82, 2.24) is 5.32 Å². The third kappa shape index (κ3) is 4.02. The summed E-state index contributed by atoms with van der Waals surface area (Å²) in [6, 6.07) is 9.80. The van der Waals surface area contributed by atoms with Crippen molar-refractivity contribution in [1.29, 1.82) is 0 Å². The smallest absolute Gasteiger partial charge is 0.251 e. The molecule has 0 fully saturated rings. The maximum absolute atomic E-state index is 13.5. The number of carbonyl (C=O) groups excluding carboxylic acids is 1. The van der Waals surface area contributed by atoms with Crippen LogP contribution in [0.4, 0.5) is 8.78 Å². The number of benzene rings is 2. The average Bonchev–Trinajstić information content (AvgIpc) is 2.52. The van der Waals surface area contributed by atoms with Gasteiger partial charge in [-0.05, 0) is 30.3 Å². The highest BCUT2D eigenvalue weighted by molar-refractivity contribution is 5.94. The number of amides is 1. The monoisotopic (exact) mass is 307 g/mol. The second-order valence-electron chi connectivity index (χ2n) is 4.50. The largest absolute Gasteiger partial charge is 0.489 e. The fourth-order valence-electron chi connectivity index (χ4n) is 1.82. The van der Waals surface area contributed by atoms with Gasteiger partial charge < -0.3 is 15.2 Å². The first-order valence-corrected chi connectivity index (χ1v) is 6.66. The van der Waals surface area contributed by atoms with Crippen LogP contribution in [-0.2, 0) is 6.61 Å². The normalized spacial score (nSPS) is 10.3. The summed E-state index contributed by atoms with van der Waals surface area (Å²) >= 11 is 0. The van der Waals surface area contributed by atoms with Crippen molar-refractivity contribution < 1.29 is 23.4 Å². The van der Waals surface area contributed by atoms with Crippen molar-refractivity contribution in [3.8, 4) is 5.75 Å². The predicted octanol–water partition coefficient (Wildman–Crippen LogP) is 2.27. The molecule has 0 spiro atoms. The standard InChI is InChI=1S/C16H15F2NO3/c17-14-5-2-6-15(18)13(14)10-22-12-4-1-3-11(9-12)16(21)19-7-8-20/h1-6,9,20H,7-8,10H2,(H,19,21). The minimum Gasteiger partial charge on any atom is -0.489 e. The summed E-state index contributed by atoms with van der Waals surface area (Å²) in [6.07, 6.45) is 0. The molecule has 0 unspecified atom stereocenters. The Kier molecular flexibility index (Phi) is 5.43. The Balaban J connectivity index is 2.06. The molecule has 2 aromatic carbocycles. The first-order chi connectivity index (χ1) is 10.6. The molecule has 1 amide bonds. The van der Waals surface area contributed by atoms with E-state index < -0.39 is 11.6 Å². The molecule has 0 saturated heterocycles. The van der Waals surface area contributed by atoms with E-state index in [1.807, 2.05) is 0 Å². The highest BCUT2D eigenvalue weighted by Gasteiger charge is 2.10. The van der Waals surface area contributed by atoms with Gasteiger partial charge >= 0.3 is 0 Å². The van der Waals surface area contributed by atoms with Crippen LogP contribution in [0.1, 0.15) is 15.9 Å². The van der Waals surface area contributed by atoms with Crippen LogP contribution in [0.2, 0.25) is 0 Å². The van der Waals surface area contributed by atoms with Crippen molar-refractivity contribution in [2.24, 2.45) is 0 Å². The van der Waals surface area contributed by atoms with Crippen molar-refractivity contribution in [2.75, 3.05) is 13.2 Å². The molecule has 0 radical (unpaired) electrons. The molecule has 0 aliphatic rings. The van der Waals surface area contributed by atoms with Gasteiger partial charge in [-0.2, -0.15) is 0 Å². The van der Waals surface area contributed by atoms with E-state index in [1.54, 1.807) is 18.2 Å². The molecular formula is C16H15F2NO3. The lowest BCUT2D eigenvalue weighted by Gasteiger charge is -2.09. The maximum atomic E-state index is 13.5. The summed E-state index contributed by atoms with van der Waals surface area (Å²) in [5.41, 5.74) is 0.164. The maximum Gasteiger partial charge on any atom is 0.251 e. The topological polar surface area (TPSA) is 58.6 Å². The van der Waals surface area contributed by atoms with Gasteiger partial charge in [0.25, 0.3) is 5.91 Å². The highest BCUT2D eigenvalue weighted by Crippen LogP contribution is 2.18. The van der Waals surface area contributed by atoms with Crippen LogP contribution in [0.3, 0.4) is 0 Å². The van der Waals surface area contributed by atoms with Gasteiger partial charge in [0.2, 0.25) is 0 Å². The molecule has 22 heavy (non-hydrogen) atoms. The summed E-state index contributed by atoms with van der Waals surface area (Å²) in [7, 11) is 0. The van der Waals surface area contributed by atoms with Crippen LogP contribution in [0.15, 0.2) is 42.5 Å². The number of hydrogen-bond acceptors (Lipinski definition) is 3. The molecule has 0 aliphatic carbocycles. The van der Waals surface area contributed by atoms with Gasteiger partial charge in [0.05, 0.1) is 12.2 Å². The Morgan fingerprint density at radius 1 is 1.14 bits per heavy atom. The fraction of sp³-hybridized carbons (Fsp3) is 0.188. The van der Waals surface area contributed by atoms with E-state index in [0.29, 0.717) is 11.3 Å². The second-order valence-corrected chi connectivity index (χ2v) is 4.50. The molecule has 0 aromatic heterocycles. The van der Waals surface area contributed by atoms with Crippen molar-refractivity contribution >= 4 is 5.91 Å². The van der Waals surface area contributed by atoms with E-state index in [4.69, 9.17) is 9.84 Å². The molecule has 2 rings (SSSR count).